The van der Waals surface area contributed by atoms with Gasteiger partial charge in [-0.05, 0) is 11.5 Å². The number of nitrogens with zero attached hydrogens (tertiary/aromatic N) is 2. The van der Waals surface area contributed by atoms with Crippen molar-refractivity contribution in [3.8, 4) is 0 Å². The summed E-state index contributed by atoms with van der Waals surface area (Å²) in [6.45, 7) is -0.0224. The fraction of sp³-hybridized carbons (Fsp3) is 0.500. The maximum absolute atomic E-state index is 12.5. The van der Waals surface area contributed by atoms with Crippen LogP contribution in [-0.2, 0) is 0 Å². The molecule has 2 N–H and O–H groups in total. The lowest BCUT2D eigenvalue weighted by Crippen LogP contribution is -2.07. The molecule has 1 heterocycles. The van der Waals surface area contributed by atoms with E-state index in [9.17, 15) is 4.39 Å². The van der Waals surface area contributed by atoms with Crippen LogP contribution < -0.4 is 5.73 Å². The second-order valence-electron chi connectivity index (χ2n) is 1.53. The predicted molar refractivity (Wildman–Crippen MR) is 32.8 cm³/mol. The van der Waals surface area contributed by atoms with Crippen molar-refractivity contribution in [1.29, 1.82) is 0 Å². The summed E-state index contributed by atoms with van der Waals surface area (Å²) in [5.74, 6) is 0. The Hall–Kier alpha value is -0.550. The molecule has 0 aliphatic heterocycles. The summed E-state index contributed by atoms with van der Waals surface area (Å²) in [7, 11) is 0. The number of nitrogens with two attached hydrogens (primary N) is 1. The maximum Gasteiger partial charge on any atom is 0.157 e. The molecule has 0 radical (unpaired) electrons. The van der Waals surface area contributed by atoms with Gasteiger partial charge in [-0.25, -0.2) is 4.39 Å². The van der Waals surface area contributed by atoms with E-state index in [4.69, 9.17) is 5.73 Å². The van der Waals surface area contributed by atoms with Crippen molar-refractivity contribution in [3.05, 3.63) is 11.1 Å². The molecule has 1 aromatic heterocycles. The smallest absolute Gasteiger partial charge is 0.157 e. The Morgan fingerprint density at radius 1 is 1.89 bits per heavy atom. The van der Waals surface area contributed by atoms with Gasteiger partial charge >= 0.3 is 0 Å². The van der Waals surface area contributed by atoms with Gasteiger partial charge in [0.05, 0.1) is 0 Å². The first-order chi connectivity index (χ1) is 4.34. The van der Waals surface area contributed by atoms with E-state index in [-0.39, 0.29) is 6.54 Å². The number of aromatic nitrogens is 2. The van der Waals surface area contributed by atoms with Gasteiger partial charge in [0.2, 0.25) is 0 Å². The highest BCUT2D eigenvalue weighted by atomic mass is 32.1. The zero-order chi connectivity index (χ0) is 6.69. The maximum atomic E-state index is 12.5. The third-order valence-corrected chi connectivity index (χ3v) is 1.43. The van der Waals surface area contributed by atoms with Gasteiger partial charge < -0.3 is 5.73 Å². The fourth-order valence-electron chi connectivity index (χ4n) is 0.429. The van der Waals surface area contributed by atoms with Gasteiger partial charge in [-0.15, -0.1) is 5.10 Å². The van der Waals surface area contributed by atoms with Crippen LogP contribution in [0.5, 0.6) is 0 Å². The monoisotopic (exact) mass is 147 g/mol. The van der Waals surface area contributed by atoms with Crippen molar-refractivity contribution in [1.82, 2.24) is 9.59 Å². The third kappa shape index (κ3) is 1.43. The molecule has 0 aromatic carbocycles. The van der Waals surface area contributed by atoms with Crippen LogP contribution in [0.4, 0.5) is 4.39 Å². The molecule has 0 bridgehead atoms. The SMILES string of the molecule is NCC(F)c1csnn1. The quantitative estimate of drug-likeness (QED) is 0.663. The minimum atomic E-state index is -1.15. The van der Waals surface area contributed by atoms with Gasteiger partial charge in [0, 0.05) is 11.9 Å². The Morgan fingerprint density at radius 2 is 2.67 bits per heavy atom. The number of hydrogen-bond acceptors (Lipinski definition) is 4. The topological polar surface area (TPSA) is 51.8 Å². The Morgan fingerprint density at radius 3 is 3.11 bits per heavy atom. The first-order valence-corrected chi connectivity index (χ1v) is 3.29. The Bertz CT molecular complexity index is 164. The third-order valence-electron chi connectivity index (χ3n) is 0.905. The summed E-state index contributed by atoms with van der Waals surface area (Å²) in [5, 5.41) is 5.05. The largest absolute Gasteiger partial charge is 0.327 e. The highest BCUT2D eigenvalue weighted by Crippen LogP contribution is 2.12. The normalized spacial score (nSPS) is 13.6. The van der Waals surface area contributed by atoms with Crippen LogP contribution in [0, 0.1) is 0 Å². The van der Waals surface area contributed by atoms with E-state index < -0.39 is 6.17 Å². The first kappa shape index (κ1) is 6.57. The molecule has 0 spiro atoms. The van der Waals surface area contributed by atoms with Crippen molar-refractivity contribution < 1.29 is 4.39 Å². The fourth-order valence-corrected chi connectivity index (χ4v) is 0.920. The second-order valence-corrected chi connectivity index (χ2v) is 2.14. The predicted octanol–water partition coefficient (Wildman–Crippen LogP) is 0.507. The molecule has 3 nitrogen and oxygen atoms in total. The lowest BCUT2D eigenvalue weighted by molar-refractivity contribution is 0.344. The molecule has 1 atom stereocenters. The highest BCUT2D eigenvalue weighted by Gasteiger charge is 2.08. The molecule has 5 heteroatoms. The van der Waals surface area contributed by atoms with Gasteiger partial charge in [-0.1, -0.05) is 4.49 Å². The van der Waals surface area contributed by atoms with Crippen LogP contribution in [0.2, 0.25) is 0 Å². The van der Waals surface area contributed by atoms with E-state index in [1.807, 2.05) is 0 Å². The number of halogens is 1. The molecule has 0 amide bonds. The van der Waals surface area contributed by atoms with Gasteiger partial charge in [0.1, 0.15) is 5.69 Å². The summed E-state index contributed by atoms with van der Waals surface area (Å²) < 4.78 is 16.0. The second kappa shape index (κ2) is 2.84. The van der Waals surface area contributed by atoms with Crippen LogP contribution in [0.1, 0.15) is 11.9 Å². The average Bonchev–Trinajstić information content (AvgIpc) is 2.37. The van der Waals surface area contributed by atoms with E-state index in [2.05, 4.69) is 9.59 Å². The molecule has 0 aliphatic rings. The first-order valence-electron chi connectivity index (χ1n) is 2.45. The Kier molecular flexibility index (Phi) is 2.07. The van der Waals surface area contributed by atoms with Gasteiger partial charge in [-0.3, -0.25) is 0 Å². The Labute approximate surface area is 55.9 Å². The molecule has 9 heavy (non-hydrogen) atoms. The van der Waals surface area contributed by atoms with E-state index >= 15 is 0 Å². The molecule has 1 aromatic rings. The van der Waals surface area contributed by atoms with Crippen LogP contribution in [0.25, 0.3) is 0 Å². The molecule has 0 saturated heterocycles. The summed E-state index contributed by atoms with van der Waals surface area (Å²) in [6.07, 6.45) is -1.15. The summed E-state index contributed by atoms with van der Waals surface area (Å²) in [4.78, 5) is 0. The van der Waals surface area contributed by atoms with Gasteiger partial charge in [0.25, 0.3) is 0 Å². The van der Waals surface area contributed by atoms with E-state index in [1.165, 1.54) is 0 Å². The summed E-state index contributed by atoms with van der Waals surface area (Å²) in [5.41, 5.74) is 5.36. The van der Waals surface area contributed by atoms with E-state index in [0.717, 1.165) is 11.5 Å². The summed E-state index contributed by atoms with van der Waals surface area (Å²) >= 11 is 1.13. The molecular weight excluding hydrogens is 141 g/mol. The Balaban J connectivity index is 2.65. The average molecular weight is 147 g/mol. The zero-order valence-electron chi connectivity index (χ0n) is 4.62. The molecule has 0 saturated carbocycles. The van der Waals surface area contributed by atoms with Crippen LogP contribution in [-0.4, -0.2) is 16.1 Å². The molecule has 50 valence electrons. The van der Waals surface area contributed by atoms with Crippen LogP contribution >= 0.6 is 11.5 Å². The van der Waals surface area contributed by atoms with Crippen molar-refractivity contribution in [3.63, 3.8) is 0 Å². The van der Waals surface area contributed by atoms with Gasteiger partial charge in [0.15, 0.2) is 6.17 Å². The van der Waals surface area contributed by atoms with Gasteiger partial charge in [-0.2, -0.15) is 0 Å². The highest BCUT2D eigenvalue weighted by molar-refractivity contribution is 7.03. The lowest BCUT2D eigenvalue weighted by Gasteiger charge is -1.95. The molecular formula is C4H6FN3S. The number of alkyl halides is 1. The number of hydrogen-bond donors (Lipinski definition) is 1. The molecule has 1 rings (SSSR count). The van der Waals surface area contributed by atoms with Crippen molar-refractivity contribution in [2.45, 2.75) is 6.17 Å². The lowest BCUT2D eigenvalue weighted by atomic mass is 10.3. The minimum absolute atomic E-state index is 0.0224. The van der Waals surface area contributed by atoms with Crippen molar-refractivity contribution >= 4 is 11.5 Å². The minimum Gasteiger partial charge on any atom is -0.327 e. The standard InChI is InChI=1S/C4H6FN3S/c5-3(1-6)4-2-9-8-7-4/h2-3H,1,6H2. The zero-order valence-corrected chi connectivity index (χ0v) is 5.44. The van der Waals surface area contributed by atoms with Crippen LogP contribution in [0.3, 0.4) is 0 Å². The van der Waals surface area contributed by atoms with Crippen LogP contribution in [0.15, 0.2) is 5.38 Å². The molecule has 0 fully saturated rings. The number of rotatable bonds is 2. The molecule has 1 unspecified atom stereocenters. The molecule has 0 aliphatic carbocycles. The van der Waals surface area contributed by atoms with E-state index in [0.29, 0.717) is 5.69 Å². The van der Waals surface area contributed by atoms with Crippen molar-refractivity contribution in [2.75, 3.05) is 6.54 Å². The summed E-state index contributed by atoms with van der Waals surface area (Å²) in [6, 6.07) is 0. The van der Waals surface area contributed by atoms with Crippen molar-refractivity contribution in [2.24, 2.45) is 5.73 Å². The van der Waals surface area contributed by atoms with E-state index in [1.54, 1.807) is 5.38 Å².